The molecule has 0 aliphatic heterocycles. The van der Waals surface area contributed by atoms with Crippen LogP contribution in [-0.2, 0) is 6.54 Å². The molecule has 0 atom stereocenters. The number of nitrogens with one attached hydrogen (secondary N) is 1. The molecule has 2 N–H and O–H groups in total. The van der Waals surface area contributed by atoms with E-state index < -0.39 is 0 Å². The van der Waals surface area contributed by atoms with Crippen LogP contribution in [0.2, 0.25) is 0 Å². The summed E-state index contributed by atoms with van der Waals surface area (Å²) < 4.78 is 0. The zero-order valence-corrected chi connectivity index (χ0v) is 10.9. The molecule has 1 fully saturated rings. The molecule has 0 radical (unpaired) electrons. The second kappa shape index (κ2) is 5.18. The van der Waals surface area contributed by atoms with Crippen LogP contribution < -0.4 is 5.32 Å². The second-order valence-corrected chi connectivity index (χ2v) is 5.64. The van der Waals surface area contributed by atoms with Crippen molar-refractivity contribution in [2.75, 3.05) is 0 Å². The first-order valence-electron chi connectivity index (χ1n) is 6.22. The maximum atomic E-state index is 9.22. The van der Waals surface area contributed by atoms with Crippen LogP contribution >= 0.6 is 11.3 Å². The number of hydrogen-bond donors (Lipinski definition) is 2. The molecule has 0 spiro atoms. The maximum Gasteiger partial charge on any atom is 0.107 e. The van der Waals surface area contributed by atoms with E-state index in [1.54, 1.807) is 11.3 Å². The monoisotopic (exact) mass is 260 g/mol. The normalized spacial score (nSPS) is 22.7. The van der Waals surface area contributed by atoms with Gasteiger partial charge in [0.05, 0.1) is 11.8 Å². The third kappa shape index (κ3) is 2.61. The Morgan fingerprint density at radius 1 is 1.28 bits per heavy atom. The minimum Gasteiger partial charge on any atom is -0.393 e. The Morgan fingerprint density at radius 2 is 2.06 bits per heavy atom. The van der Waals surface area contributed by atoms with Gasteiger partial charge in [-0.3, -0.25) is 0 Å². The molecule has 0 bridgehead atoms. The molecule has 1 aliphatic carbocycles. The summed E-state index contributed by atoms with van der Waals surface area (Å²) in [7, 11) is 0. The van der Waals surface area contributed by atoms with Crippen LogP contribution in [0, 0.1) is 0 Å². The second-order valence-electron chi connectivity index (χ2n) is 4.70. The molecule has 3 rings (SSSR count). The largest absolute Gasteiger partial charge is 0.393 e. The fraction of sp³-hybridized carbons (Fsp3) is 0.357. The topological polar surface area (TPSA) is 45.1 Å². The summed E-state index contributed by atoms with van der Waals surface area (Å²) in [6, 6.07) is 10.7. The summed E-state index contributed by atoms with van der Waals surface area (Å²) in [5.74, 6) is 0. The average Bonchev–Trinajstić information content (AvgIpc) is 2.83. The summed E-state index contributed by atoms with van der Waals surface area (Å²) in [5.41, 5.74) is 2.21. The fourth-order valence-electron chi connectivity index (χ4n) is 2.12. The predicted molar refractivity (Wildman–Crippen MR) is 73.4 cm³/mol. The Labute approximate surface area is 111 Å². The van der Waals surface area contributed by atoms with Crippen LogP contribution in [0.1, 0.15) is 17.8 Å². The van der Waals surface area contributed by atoms with Gasteiger partial charge in [0.25, 0.3) is 0 Å². The van der Waals surface area contributed by atoms with Gasteiger partial charge in [-0.1, -0.05) is 30.3 Å². The van der Waals surface area contributed by atoms with E-state index in [-0.39, 0.29) is 6.10 Å². The summed E-state index contributed by atoms with van der Waals surface area (Å²) in [5, 5.41) is 15.8. The minimum atomic E-state index is -0.0984. The molecule has 4 heteroatoms. The highest BCUT2D eigenvalue weighted by Gasteiger charge is 2.26. The van der Waals surface area contributed by atoms with Gasteiger partial charge in [-0.05, 0) is 12.8 Å². The molecule has 1 heterocycles. The van der Waals surface area contributed by atoms with E-state index in [0.717, 1.165) is 30.1 Å². The molecule has 1 aromatic carbocycles. The first-order valence-corrected chi connectivity index (χ1v) is 7.10. The van der Waals surface area contributed by atoms with Gasteiger partial charge in [-0.2, -0.15) is 0 Å². The smallest absolute Gasteiger partial charge is 0.107 e. The average molecular weight is 260 g/mol. The van der Waals surface area contributed by atoms with Crippen molar-refractivity contribution < 1.29 is 5.11 Å². The number of thiazole rings is 1. The van der Waals surface area contributed by atoms with Crippen LogP contribution in [0.4, 0.5) is 0 Å². The lowest BCUT2D eigenvalue weighted by Gasteiger charge is -2.31. The van der Waals surface area contributed by atoms with Crippen molar-refractivity contribution in [1.29, 1.82) is 0 Å². The van der Waals surface area contributed by atoms with Crippen LogP contribution in [-0.4, -0.2) is 22.2 Å². The molecule has 2 aromatic rings. The lowest BCUT2D eigenvalue weighted by Crippen LogP contribution is -2.43. The van der Waals surface area contributed by atoms with Crippen molar-refractivity contribution in [3.8, 4) is 11.3 Å². The van der Waals surface area contributed by atoms with Crippen molar-refractivity contribution in [2.24, 2.45) is 0 Å². The number of aliphatic hydroxyl groups excluding tert-OH is 1. The van der Waals surface area contributed by atoms with Crippen molar-refractivity contribution >= 4 is 11.3 Å². The van der Waals surface area contributed by atoms with Gasteiger partial charge in [0, 0.05) is 23.5 Å². The molecular formula is C14H16N2OS. The van der Waals surface area contributed by atoms with E-state index in [2.05, 4.69) is 27.8 Å². The molecule has 1 saturated carbocycles. The number of hydrogen-bond acceptors (Lipinski definition) is 4. The minimum absolute atomic E-state index is 0.0984. The molecule has 0 amide bonds. The van der Waals surface area contributed by atoms with Crippen molar-refractivity contribution in [3.63, 3.8) is 0 Å². The van der Waals surface area contributed by atoms with Crippen LogP contribution in [0.5, 0.6) is 0 Å². The standard InChI is InChI=1S/C14H16N2OS/c17-12-6-11(7-12)15-8-14-16-13(9-18-14)10-4-2-1-3-5-10/h1-5,9,11-12,15,17H,6-8H2. The van der Waals surface area contributed by atoms with Gasteiger partial charge < -0.3 is 10.4 Å². The van der Waals surface area contributed by atoms with Gasteiger partial charge in [0.2, 0.25) is 0 Å². The summed E-state index contributed by atoms with van der Waals surface area (Å²) in [6.45, 7) is 0.800. The van der Waals surface area contributed by atoms with E-state index >= 15 is 0 Å². The van der Waals surface area contributed by atoms with Crippen molar-refractivity contribution in [3.05, 3.63) is 40.7 Å². The third-order valence-electron chi connectivity index (χ3n) is 3.28. The van der Waals surface area contributed by atoms with E-state index in [0.29, 0.717) is 6.04 Å². The highest BCUT2D eigenvalue weighted by molar-refractivity contribution is 7.09. The van der Waals surface area contributed by atoms with Crippen LogP contribution in [0.3, 0.4) is 0 Å². The van der Waals surface area contributed by atoms with E-state index in [1.165, 1.54) is 5.56 Å². The molecule has 0 saturated heterocycles. The van der Waals surface area contributed by atoms with Crippen molar-refractivity contribution in [2.45, 2.75) is 31.5 Å². The van der Waals surface area contributed by atoms with Gasteiger partial charge in [-0.25, -0.2) is 4.98 Å². The summed E-state index contributed by atoms with van der Waals surface area (Å²) in [4.78, 5) is 4.62. The van der Waals surface area contributed by atoms with Crippen LogP contribution in [0.15, 0.2) is 35.7 Å². The molecule has 0 unspecified atom stereocenters. The fourth-order valence-corrected chi connectivity index (χ4v) is 2.87. The maximum absolute atomic E-state index is 9.22. The number of aliphatic hydroxyl groups is 1. The Morgan fingerprint density at radius 3 is 2.78 bits per heavy atom. The van der Waals surface area contributed by atoms with E-state index in [9.17, 15) is 5.11 Å². The number of benzene rings is 1. The molecule has 1 aromatic heterocycles. The molecule has 18 heavy (non-hydrogen) atoms. The first kappa shape index (κ1) is 11.8. The van der Waals surface area contributed by atoms with Gasteiger partial charge in [0.15, 0.2) is 0 Å². The molecule has 3 nitrogen and oxygen atoms in total. The van der Waals surface area contributed by atoms with Crippen LogP contribution in [0.25, 0.3) is 11.3 Å². The summed E-state index contributed by atoms with van der Waals surface area (Å²) >= 11 is 1.69. The Bertz CT molecular complexity index is 506. The summed E-state index contributed by atoms with van der Waals surface area (Å²) in [6.07, 6.45) is 1.65. The van der Waals surface area contributed by atoms with Gasteiger partial charge >= 0.3 is 0 Å². The SMILES string of the molecule is OC1CC(NCc2nc(-c3ccccc3)cs2)C1. The van der Waals surface area contributed by atoms with E-state index in [4.69, 9.17) is 0 Å². The molecule has 94 valence electrons. The number of nitrogens with zero attached hydrogens (tertiary/aromatic N) is 1. The predicted octanol–water partition coefficient (Wildman–Crippen LogP) is 2.42. The lowest BCUT2D eigenvalue weighted by molar-refractivity contribution is 0.0619. The van der Waals surface area contributed by atoms with Gasteiger partial charge in [-0.15, -0.1) is 11.3 Å². The number of rotatable bonds is 4. The highest BCUT2D eigenvalue weighted by atomic mass is 32.1. The zero-order chi connectivity index (χ0) is 12.4. The molecular weight excluding hydrogens is 244 g/mol. The Kier molecular flexibility index (Phi) is 3.41. The quantitative estimate of drug-likeness (QED) is 0.887. The van der Waals surface area contributed by atoms with Gasteiger partial charge in [0.1, 0.15) is 5.01 Å². The lowest BCUT2D eigenvalue weighted by atomic mass is 9.90. The third-order valence-corrected chi connectivity index (χ3v) is 4.13. The number of aromatic nitrogens is 1. The van der Waals surface area contributed by atoms with Crippen molar-refractivity contribution in [1.82, 2.24) is 10.3 Å². The Balaban J connectivity index is 1.60. The van der Waals surface area contributed by atoms with E-state index in [1.807, 2.05) is 18.2 Å². The zero-order valence-electron chi connectivity index (χ0n) is 10.0. The Hall–Kier alpha value is -1.23. The molecule has 1 aliphatic rings. The highest BCUT2D eigenvalue weighted by Crippen LogP contribution is 2.23. The first-order chi connectivity index (χ1) is 8.81.